The van der Waals surface area contributed by atoms with E-state index in [1.165, 1.54) is 0 Å². The Labute approximate surface area is 124 Å². The van der Waals surface area contributed by atoms with Crippen molar-refractivity contribution in [3.63, 3.8) is 0 Å². The van der Waals surface area contributed by atoms with Crippen LogP contribution in [0.25, 0.3) is 0 Å². The molecule has 1 aliphatic heterocycles. The van der Waals surface area contributed by atoms with Gasteiger partial charge in [0, 0.05) is 30.1 Å². The largest absolute Gasteiger partial charge is 0.369 e. The van der Waals surface area contributed by atoms with Crippen LogP contribution in [0.1, 0.15) is 37.7 Å². The first-order chi connectivity index (χ1) is 9.52. The Morgan fingerprint density at radius 2 is 2.20 bits per heavy atom. The van der Waals surface area contributed by atoms with Crippen molar-refractivity contribution in [2.45, 2.75) is 31.9 Å². The summed E-state index contributed by atoms with van der Waals surface area (Å²) in [5.41, 5.74) is 0.427. The van der Waals surface area contributed by atoms with Crippen LogP contribution in [-0.2, 0) is 0 Å². The van der Waals surface area contributed by atoms with Gasteiger partial charge in [-0.05, 0) is 25.5 Å². The van der Waals surface area contributed by atoms with Crippen LogP contribution >= 0.6 is 11.8 Å². The third-order valence-electron chi connectivity index (χ3n) is 3.37. The maximum absolute atomic E-state index is 12.4. The van der Waals surface area contributed by atoms with Crippen molar-refractivity contribution >= 4 is 23.5 Å². The van der Waals surface area contributed by atoms with Gasteiger partial charge in [-0.1, -0.05) is 13.8 Å². The maximum Gasteiger partial charge on any atom is 0.274 e. The summed E-state index contributed by atoms with van der Waals surface area (Å²) in [4.78, 5) is 14.3. The van der Waals surface area contributed by atoms with Crippen molar-refractivity contribution in [3.05, 3.63) is 17.8 Å². The lowest BCUT2D eigenvalue weighted by Gasteiger charge is -2.22. The van der Waals surface area contributed by atoms with E-state index in [9.17, 15) is 4.79 Å². The normalized spacial score (nSPS) is 18.4. The number of carbonyl (C=O) groups excluding carboxylic acids is 1. The molecule has 1 aromatic heterocycles. The molecule has 0 aliphatic carbocycles. The van der Waals surface area contributed by atoms with Crippen molar-refractivity contribution in [2.75, 3.05) is 30.7 Å². The molecule has 0 aromatic carbocycles. The lowest BCUT2D eigenvalue weighted by molar-refractivity contribution is 0.0757. The van der Waals surface area contributed by atoms with E-state index < -0.39 is 0 Å². The van der Waals surface area contributed by atoms with E-state index >= 15 is 0 Å². The molecule has 6 heteroatoms. The van der Waals surface area contributed by atoms with Gasteiger partial charge in [0.1, 0.15) is 5.82 Å². The van der Waals surface area contributed by atoms with E-state index in [4.69, 9.17) is 0 Å². The Morgan fingerprint density at radius 3 is 2.85 bits per heavy atom. The highest BCUT2D eigenvalue weighted by atomic mass is 32.2. The first-order valence-corrected chi connectivity index (χ1v) is 8.01. The third-order valence-corrected chi connectivity index (χ3v) is 4.74. The third kappa shape index (κ3) is 3.85. The molecule has 0 bridgehead atoms. The SMILES string of the molecule is CCNc1ccc(C(=O)N2CCSC(C)(C)CC2)nn1. The highest BCUT2D eigenvalue weighted by Gasteiger charge is 2.27. The smallest absolute Gasteiger partial charge is 0.274 e. The molecular formula is C14H22N4OS. The summed E-state index contributed by atoms with van der Waals surface area (Å²) in [6.07, 6.45) is 1.01. The molecule has 0 saturated carbocycles. The van der Waals surface area contributed by atoms with Gasteiger partial charge in [0.25, 0.3) is 5.91 Å². The fourth-order valence-corrected chi connectivity index (χ4v) is 3.21. The molecule has 1 aliphatic rings. The second kappa shape index (κ2) is 6.43. The summed E-state index contributed by atoms with van der Waals surface area (Å²) in [6, 6.07) is 3.55. The van der Waals surface area contributed by atoms with Crippen LogP contribution in [0.5, 0.6) is 0 Å². The minimum absolute atomic E-state index is 0.0150. The van der Waals surface area contributed by atoms with Gasteiger partial charge in [-0.3, -0.25) is 4.79 Å². The molecule has 5 nitrogen and oxygen atoms in total. The van der Waals surface area contributed by atoms with Crippen molar-refractivity contribution in [1.29, 1.82) is 0 Å². The zero-order chi connectivity index (χ0) is 14.6. The Balaban J connectivity index is 2.03. The molecule has 2 rings (SSSR count). The lowest BCUT2D eigenvalue weighted by atomic mass is 10.1. The number of anilines is 1. The molecule has 1 amide bonds. The number of amides is 1. The maximum atomic E-state index is 12.4. The molecule has 1 aromatic rings. The van der Waals surface area contributed by atoms with Crippen LogP contribution in [0.3, 0.4) is 0 Å². The zero-order valence-corrected chi connectivity index (χ0v) is 13.2. The predicted molar refractivity (Wildman–Crippen MR) is 83.3 cm³/mol. The van der Waals surface area contributed by atoms with E-state index in [0.29, 0.717) is 11.5 Å². The Kier molecular flexibility index (Phi) is 4.86. The summed E-state index contributed by atoms with van der Waals surface area (Å²) in [5.74, 6) is 1.66. The van der Waals surface area contributed by atoms with E-state index in [0.717, 1.165) is 31.8 Å². The number of hydrogen-bond donors (Lipinski definition) is 1. The molecule has 0 radical (unpaired) electrons. The first kappa shape index (κ1) is 15.1. The van der Waals surface area contributed by atoms with Gasteiger partial charge in [0.05, 0.1) is 0 Å². The van der Waals surface area contributed by atoms with Crippen molar-refractivity contribution in [1.82, 2.24) is 15.1 Å². The van der Waals surface area contributed by atoms with Crippen LogP contribution in [0.15, 0.2) is 12.1 Å². The number of rotatable bonds is 3. The minimum Gasteiger partial charge on any atom is -0.369 e. The van der Waals surface area contributed by atoms with Gasteiger partial charge in [-0.15, -0.1) is 10.2 Å². The van der Waals surface area contributed by atoms with E-state index in [1.54, 1.807) is 12.1 Å². The number of nitrogens with zero attached hydrogens (tertiary/aromatic N) is 3. The number of carbonyl (C=O) groups is 1. The van der Waals surface area contributed by atoms with E-state index in [-0.39, 0.29) is 10.7 Å². The minimum atomic E-state index is -0.0150. The summed E-state index contributed by atoms with van der Waals surface area (Å²) in [5, 5.41) is 11.1. The van der Waals surface area contributed by atoms with Gasteiger partial charge >= 0.3 is 0 Å². The lowest BCUT2D eigenvalue weighted by Crippen LogP contribution is -2.34. The fourth-order valence-electron chi connectivity index (χ4n) is 2.11. The Bertz CT molecular complexity index is 461. The summed E-state index contributed by atoms with van der Waals surface area (Å²) in [6.45, 7) is 8.82. The number of hydrogen-bond acceptors (Lipinski definition) is 5. The predicted octanol–water partition coefficient (Wildman–Crippen LogP) is 2.27. The molecule has 0 unspecified atom stereocenters. The molecule has 1 fully saturated rings. The van der Waals surface area contributed by atoms with Gasteiger partial charge in [0.15, 0.2) is 5.69 Å². The number of thioether (sulfide) groups is 1. The fraction of sp³-hybridized carbons (Fsp3) is 0.643. The van der Waals surface area contributed by atoms with Gasteiger partial charge < -0.3 is 10.2 Å². The van der Waals surface area contributed by atoms with Gasteiger partial charge in [0.2, 0.25) is 0 Å². The topological polar surface area (TPSA) is 58.1 Å². The molecular weight excluding hydrogens is 272 g/mol. The average molecular weight is 294 g/mol. The van der Waals surface area contributed by atoms with Crippen molar-refractivity contribution in [2.24, 2.45) is 0 Å². The molecule has 0 spiro atoms. The van der Waals surface area contributed by atoms with Crippen LogP contribution in [0.2, 0.25) is 0 Å². The van der Waals surface area contributed by atoms with Gasteiger partial charge in [-0.2, -0.15) is 11.8 Å². The standard InChI is InChI=1S/C14H22N4OS/c1-4-15-12-6-5-11(16-17-12)13(19)18-8-7-14(2,3)20-10-9-18/h5-6H,4,7-10H2,1-3H3,(H,15,17). The highest BCUT2D eigenvalue weighted by Crippen LogP contribution is 2.30. The molecule has 1 N–H and O–H groups in total. The molecule has 20 heavy (non-hydrogen) atoms. The quantitative estimate of drug-likeness (QED) is 0.926. The highest BCUT2D eigenvalue weighted by molar-refractivity contribution is 8.00. The summed E-state index contributed by atoms with van der Waals surface area (Å²) < 4.78 is 0.246. The second-order valence-corrected chi connectivity index (χ2v) is 7.29. The molecule has 2 heterocycles. The van der Waals surface area contributed by atoms with E-state index in [2.05, 4.69) is 29.4 Å². The average Bonchev–Trinajstić information content (AvgIpc) is 2.60. The second-order valence-electron chi connectivity index (χ2n) is 5.48. The summed E-state index contributed by atoms with van der Waals surface area (Å²) in [7, 11) is 0. The van der Waals surface area contributed by atoms with Crippen LogP contribution in [0.4, 0.5) is 5.82 Å². The van der Waals surface area contributed by atoms with Crippen LogP contribution in [-0.4, -0.2) is 51.1 Å². The Morgan fingerprint density at radius 1 is 1.40 bits per heavy atom. The molecule has 110 valence electrons. The van der Waals surface area contributed by atoms with Crippen LogP contribution < -0.4 is 5.32 Å². The molecule has 1 saturated heterocycles. The molecule has 0 atom stereocenters. The van der Waals surface area contributed by atoms with Crippen LogP contribution in [0, 0.1) is 0 Å². The first-order valence-electron chi connectivity index (χ1n) is 7.03. The summed E-state index contributed by atoms with van der Waals surface area (Å²) >= 11 is 1.93. The number of nitrogens with one attached hydrogen (secondary N) is 1. The Hall–Kier alpha value is -1.30. The monoisotopic (exact) mass is 294 g/mol. The van der Waals surface area contributed by atoms with Gasteiger partial charge in [-0.25, -0.2) is 0 Å². The van der Waals surface area contributed by atoms with Crippen molar-refractivity contribution < 1.29 is 4.79 Å². The van der Waals surface area contributed by atoms with Crippen molar-refractivity contribution in [3.8, 4) is 0 Å². The van der Waals surface area contributed by atoms with E-state index in [1.807, 2.05) is 23.6 Å². The number of aromatic nitrogens is 2. The zero-order valence-electron chi connectivity index (χ0n) is 12.3.